The van der Waals surface area contributed by atoms with Crippen LogP contribution >= 0.6 is 39.1 Å². The lowest BCUT2D eigenvalue weighted by Gasteiger charge is -2.29. The van der Waals surface area contributed by atoms with Gasteiger partial charge in [-0.25, -0.2) is 0 Å². The fourth-order valence-electron chi connectivity index (χ4n) is 2.69. The van der Waals surface area contributed by atoms with Crippen LogP contribution in [0.5, 0.6) is 0 Å². The molecular weight excluding hydrogens is 463 g/mol. The molecule has 150 valence electrons. The first kappa shape index (κ1) is 22.7. The van der Waals surface area contributed by atoms with Crippen LogP contribution in [-0.2, 0) is 22.6 Å². The van der Waals surface area contributed by atoms with E-state index < -0.39 is 6.04 Å². The third-order valence-corrected chi connectivity index (χ3v) is 5.46. The molecule has 7 heteroatoms. The van der Waals surface area contributed by atoms with E-state index in [9.17, 15) is 9.59 Å². The predicted octanol–water partition coefficient (Wildman–Crippen LogP) is 5.24. The molecule has 2 aromatic carbocycles. The normalized spacial score (nSPS) is 11.8. The fraction of sp³-hybridized carbons (Fsp3) is 0.333. The number of nitrogens with zero attached hydrogens (tertiary/aromatic N) is 1. The predicted molar refractivity (Wildman–Crippen MR) is 118 cm³/mol. The molecule has 0 aliphatic carbocycles. The fourth-order valence-corrected chi connectivity index (χ4v) is 3.43. The molecule has 0 aliphatic heterocycles. The monoisotopic (exact) mass is 484 g/mol. The highest BCUT2D eigenvalue weighted by atomic mass is 79.9. The Hall–Kier alpha value is -1.56. The molecule has 0 radical (unpaired) electrons. The number of hydrogen-bond acceptors (Lipinski definition) is 2. The number of nitrogens with one attached hydrogen (secondary N) is 1. The Kier molecular flexibility index (Phi) is 8.80. The lowest BCUT2D eigenvalue weighted by Crippen LogP contribution is -2.48. The van der Waals surface area contributed by atoms with Crippen molar-refractivity contribution in [3.63, 3.8) is 0 Å². The number of amides is 2. The molecule has 0 aliphatic rings. The van der Waals surface area contributed by atoms with Crippen LogP contribution in [0, 0.1) is 0 Å². The second-order valence-electron chi connectivity index (χ2n) is 6.53. The Morgan fingerprint density at radius 2 is 1.82 bits per heavy atom. The number of halogens is 3. The molecule has 0 spiro atoms. The van der Waals surface area contributed by atoms with Gasteiger partial charge in [0.2, 0.25) is 11.8 Å². The highest BCUT2D eigenvalue weighted by molar-refractivity contribution is 9.10. The summed E-state index contributed by atoms with van der Waals surface area (Å²) in [5.41, 5.74) is 1.62. The second kappa shape index (κ2) is 10.8. The van der Waals surface area contributed by atoms with Gasteiger partial charge < -0.3 is 10.2 Å². The lowest BCUT2D eigenvalue weighted by molar-refractivity contribution is -0.140. The molecule has 2 amide bonds. The first-order valence-electron chi connectivity index (χ1n) is 9.07. The van der Waals surface area contributed by atoms with Gasteiger partial charge in [-0.2, -0.15) is 0 Å². The third-order valence-electron chi connectivity index (χ3n) is 4.34. The number of carbonyl (C=O) groups is 2. The number of hydrogen-bond donors (Lipinski definition) is 1. The van der Waals surface area contributed by atoms with E-state index in [0.717, 1.165) is 16.5 Å². The summed E-state index contributed by atoms with van der Waals surface area (Å²) in [6.45, 7) is 4.63. The molecule has 2 rings (SSSR count). The maximum absolute atomic E-state index is 13.1. The van der Waals surface area contributed by atoms with E-state index in [0.29, 0.717) is 28.7 Å². The maximum atomic E-state index is 13.1. The minimum absolute atomic E-state index is 0.0952. The summed E-state index contributed by atoms with van der Waals surface area (Å²) in [6, 6.07) is 12.1. The Balaban J connectivity index is 2.23. The molecule has 28 heavy (non-hydrogen) atoms. The Morgan fingerprint density at radius 3 is 2.43 bits per heavy atom. The minimum Gasteiger partial charge on any atom is -0.354 e. The number of carbonyl (C=O) groups excluding carboxylic acids is 2. The van der Waals surface area contributed by atoms with E-state index in [2.05, 4.69) is 21.2 Å². The van der Waals surface area contributed by atoms with Crippen molar-refractivity contribution in [1.82, 2.24) is 10.2 Å². The molecule has 4 nitrogen and oxygen atoms in total. The van der Waals surface area contributed by atoms with Crippen molar-refractivity contribution in [3.8, 4) is 0 Å². The Bertz CT molecular complexity index is 828. The first-order valence-corrected chi connectivity index (χ1v) is 10.6. The highest BCUT2D eigenvalue weighted by Crippen LogP contribution is 2.23. The molecule has 2 aromatic rings. The summed E-state index contributed by atoms with van der Waals surface area (Å²) in [5, 5.41) is 3.81. The first-order chi connectivity index (χ1) is 13.3. The van der Waals surface area contributed by atoms with E-state index in [4.69, 9.17) is 23.2 Å². The van der Waals surface area contributed by atoms with Crippen LogP contribution in [0.1, 0.15) is 31.4 Å². The molecule has 0 fully saturated rings. The smallest absolute Gasteiger partial charge is 0.242 e. The van der Waals surface area contributed by atoms with Crippen molar-refractivity contribution in [2.75, 3.05) is 6.54 Å². The van der Waals surface area contributed by atoms with Gasteiger partial charge in [-0.3, -0.25) is 9.59 Å². The largest absolute Gasteiger partial charge is 0.354 e. The van der Waals surface area contributed by atoms with Gasteiger partial charge in [0.05, 0.1) is 6.42 Å². The molecular formula is C21H23BrCl2N2O2. The molecule has 0 saturated carbocycles. The van der Waals surface area contributed by atoms with E-state index in [1.165, 1.54) is 0 Å². The third kappa shape index (κ3) is 6.50. The van der Waals surface area contributed by atoms with Crippen molar-refractivity contribution < 1.29 is 9.59 Å². The molecule has 0 saturated heterocycles. The van der Waals surface area contributed by atoms with Crippen molar-refractivity contribution >= 4 is 50.9 Å². The van der Waals surface area contributed by atoms with Gasteiger partial charge in [0, 0.05) is 27.6 Å². The molecule has 1 N–H and O–H groups in total. The quantitative estimate of drug-likeness (QED) is 0.555. The zero-order chi connectivity index (χ0) is 20.7. The van der Waals surface area contributed by atoms with Gasteiger partial charge in [-0.05, 0) is 48.7 Å². The lowest BCUT2D eigenvalue weighted by atomic mass is 10.1. The van der Waals surface area contributed by atoms with Crippen molar-refractivity contribution in [3.05, 3.63) is 68.1 Å². The van der Waals surface area contributed by atoms with Gasteiger partial charge >= 0.3 is 0 Å². The topological polar surface area (TPSA) is 49.4 Å². The van der Waals surface area contributed by atoms with Gasteiger partial charge in [-0.15, -0.1) is 0 Å². The van der Waals surface area contributed by atoms with E-state index >= 15 is 0 Å². The minimum atomic E-state index is -0.603. The zero-order valence-corrected chi connectivity index (χ0v) is 18.9. The van der Waals surface area contributed by atoms with Crippen LogP contribution in [0.2, 0.25) is 10.0 Å². The van der Waals surface area contributed by atoms with Gasteiger partial charge in [0.15, 0.2) is 0 Å². The average Bonchev–Trinajstić information content (AvgIpc) is 2.67. The molecule has 0 aromatic heterocycles. The molecule has 0 unspecified atom stereocenters. The van der Waals surface area contributed by atoms with Crippen LogP contribution in [0.4, 0.5) is 0 Å². The Morgan fingerprint density at radius 1 is 1.14 bits per heavy atom. The Labute approximate surface area is 184 Å². The van der Waals surface area contributed by atoms with Gasteiger partial charge in [0.1, 0.15) is 6.04 Å². The van der Waals surface area contributed by atoms with E-state index in [1.807, 2.05) is 31.2 Å². The van der Waals surface area contributed by atoms with Crippen LogP contribution in [0.25, 0.3) is 0 Å². The second-order valence-corrected chi connectivity index (χ2v) is 8.29. The molecule has 0 bridgehead atoms. The SMILES string of the molecule is CCCNC(=O)[C@@H](C)N(Cc1ccc(Br)cc1)C(=O)Cc1ccc(Cl)cc1Cl. The van der Waals surface area contributed by atoms with E-state index in [-0.39, 0.29) is 18.2 Å². The van der Waals surface area contributed by atoms with Crippen molar-refractivity contribution in [1.29, 1.82) is 0 Å². The summed E-state index contributed by atoms with van der Waals surface area (Å²) in [4.78, 5) is 27.2. The number of benzene rings is 2. The van der Waals surface area contributed by atoms with Crippen molar-refractivity contribution in [2.45, 2.75) is 39.3 Å². The standard InChI is InChI=1S/C21H23BrCl2N2O2/c1-3-10-25-21(28)14(2)26(13-15-4-7-17(22)8-5-15)20(27)11-16-6-9-18(23)12-19(16)24/h4-9,12,14H,3,10-11,13H2,1-2H3,(H,25,28)/t14-/m1/s1. The van der Waals surface area contributed by atoms with Crippen LogP contribution in [0.3, 0.4) is 0 Å². The summed E-state index contributed by atoms with van der Waals surface area (Å²) >= 11 is 15.6. The van der Waals surface area contributed by atoms with Crippen molar-refractivity contribution in [2.24, 2.45) is 0 Å². The van der Waals surface area contributed by atoms with Crippen LogP contribution < -0.4 is 5.32 Å². The molecule has 0 heterocycles. The van der Waals surface area contributed by atoms with Gasteiger partial charge in [-0.1, -0.05) is 64.3 Å². The summed E-state index contributed by atoms with van der Waals surface area (Å²) < 4.78 is 0.954. The summed E-state index contributed by atoms with van der Waals surface area (Å²) in [6.07, 6.45) is 0.928. The van der Waals surface area contributed by atoms with Crippen LogP contribution in [0.15, 0.2) is 46.9 Å². The average molecular weight is 486 g/mol. The summed E-state index contributed by atoms with van der Waals surface area (Å²) in [5.74, 6) is -0.346. The maximum Gasteiger partial charge on any atom is 0.242 e. The van der Waals surface area contributed by atoms with E-state index in [1.54, 1.807) is 30.0 Å². The highest BCUT2D eigenvalue weighted by Gasteiger charge is 2.26. The molecule has 1 atom stereocenters. The number of rotatable bonds is 8. The zero-order valence-electron chi connectivity index (χ0n) is 15.8. The van der Waals surface area contributed by atoms with Gasteiger partial charge in [0.25, 0.3) is 0 Å². The summed E-state index contributed by atoms with van der Waals surface area (Å²) in [7, 11) is 0. The van der Waals surface area contributed by atoms with Crippen LogP contribution in [-0.4, -0.2) is 29.3 Å².